The monoisotopic (exact) mass is 218 g/mol. The third-order valence-electron chi connectivity index (χ3n) is 1.32. The Hall–Kier alpha value is -0.590. The highest BCUT2D eigenvalue weighted by Gasteiger charge is 2.10. The van der Waals surface area contributed by atoms with Crippen molar-refractivity contribution in [3.05, 3.63) is 16.6 Å². The Labute approximate surface area is 84.2 Å². The van der Waals surface area contributed by atoms with Crippen LogP contribution >= 0.6 is 23.1 Å². The summed E-state index contributed by atoms with van der Waals surface area (Å²) in [7, 11) is 0. The molecule has 3 N–H and O–H groups in total. The van der Waals surface area contributed by atoms with Crippen molar-refractivity contribution >= 4 is 29.1 Å². The van der Waals surface area contributed by atoms with E-state index in [1.54, 1.807) is 17.5 Å². The van der Waals surface area contributed by atoms with Crippen molar-refractivity contribution in [2.45, 2.75) is 11.8 Å². The van der Waals surface area contributed by atoms with E-state index < -0.39 is 12.0 Å². The molecule has 4 nitrogen and oxygen atoms in total. The highest BCUT2D eigenvalue weighted by molar-refractivity contribution is 7.98. The van der Waals surface area contributed by atoms with Crippen molar-refractivity contribution < 1.29 is 9.90 Å². The van der Waals surface area contributed by atoms with Gasteiger partial charge in [-0.2, -0.15) is 11.8 Å². The predicted molar refractivity (Wildman–Crippen MR) is 53.9 cm³/mol. The Morgan fingerprint density at radius 3 is 3.15 bits per heavy atom. The van der Waals surface area contributed by atoms with Crippen molar-refractivity contribution in [1.82, 2.24) is 4.98 Å². The molecule has 13 heavy (non-hydrogen) atoms. The molecule has 0 aliphatic rings. The zero-order valence-electron chi connectivity index (χ0n) is 6.84. The molecule has 0 aromatic carbocycles. The molecule has 6 heteroatoms. The van der Waals surface area contributed by atoms with E-state index in [1.807, 2.05) is 5.38 Å². The molecule has 0 unspecified atom stereocenters. The summed E-state index contributed by atoms with van der Waals surface area (Å²) in [5.74, 6) is 0.208. The molecule has 0 aliphatic carbocycles. The van der Waals surface area contributed by atoms with Gasteiger partial charge in [0.15, 0.2) is 0 Å². The van der Waals surface area contributed by atoms with Crippen LogP contribution in [0.15, 0.2) is 11.6 Å². The number of nitrogens with two attached hydrogens (primary N) is 1. The maximum absolute atomic E-state index is 10.3. The molecule has 0 spiro atoms. The van der Waals surface area contributed by atoms with Crippen molar-refractivity contribution in [3.8, 4) is 0 Å². The van der Waals surface area contributed by atoms with Crippen LogP contribution in [0.1, 0.15) is 5.01 Å². The van der Waals surface area contributed by atoms with Crippen LogP contribution in [0, 0.1) is 0 Å². The SMILES string of the molecule is N[C@@H](CSCc1nccs1)C(=O)O. The average molecular weight is 218 g/mol. The Morgan fingerprint density at radius 1 is 1.85 bits per heavy atom. The van der Waals surface area contributed by atoms with Gasteiger partial charge < -0.3 is 10.8 Å². The van der Waals surface area contributed by atoms with Crippen LogP contribution in [-0.2, 0) is 10.5 Å². The maximum Gasteiger partial charge on any atom is 0.321 e. The van der Waals surface area contributed by atoms with E-state index in [-0.39, 0.29) is 0 Å². The summed E-state index contributed by atoms with van der Waals surface area (Å²) in [6, 6.07) is -0.773. The molecule has 1 aromatic heterocycles. The van der Waals surface area contributed by atoms with E-state index in [0.29, 0.717) is 5.75 Å². The van der Waals surface area contributed by atoms with Gasteiger partial charge >= 0.3 is 5.97 Å². The molecule has 0 aliphatic heterocycles. The van der Waals surface area contributed by atoms with Gasteiger partial charge in [-0.15, -0.1) is 11.3 Å². The molecule has 72 valence electrons. The van der Waals surface area contributed by atoms with E-state index in [0.717, 1.165) is 10.8 Å². The number of thiazole rings is 1. The van der Waals surface area contributed by atoms with Crippen molar-refractivity contribution in [3.63, 3.8) is 0 Å². The number of hydrogen-bond donors (Lipinski definition) is 2. The van der Waals surface area contributed by atoms with Gasteiger partial charge in [0.05, 0.1) is 0 Å². The van der Waals surface area contributed by atoms with Crippen LogP contribution in [0.2, 0.25) is 0 Å². The third kappa shape index (κ3) is 3.75. The molecule has 1 aromatic rings. The molecule has 1 atom stereocenters. The predicted octanol–water partition coefficient (Wildman–Crippen LogP) is 0.788. The van der Waals surface area contributed by atoms with E-state index in [9.17, 15) is 4.79 Å². The molecule has 0 fully saturated rings. The van der Waals surface area contributed by atoms with E-state index in [1.165, 1.54) is 11.8 Å². The number of hydrogen-bond acceptors (Lipinski definition) is 5. The van der Waals surface area contributed by atoms with Crippen LogP contribution in [-0.4, -0.2) is 27.9 Å². The zero-order valence-corrected chi connectivity index (χ0v) is 8.48. The van der Waals surface area contributed by atoms with Gasteiger partial charge in [0.2, 0.25) is 0 Å². The second kappa shape index (κ2) is 5.21. The standard InChI is InChI=1S/C7H10N2O2S2/c8-5(7(10)11)3-12-4-6-9-1-2-13-6/h1-2,5H,3-4,8H2,(H,10,11)/t5-/m0/s1. The molecule has 0 saturated carbocycles. The van der Waals surface area contributed by atoms with E-state index in [4.69, 9.17) is 10.8 Å². The summed E-state index contributed by atoms with van der Waals surface area (Å²) in [5, 5.41) is 11.4. The highest BCUT2D eigenvalue weighted by atomic mass is 32.2. The summed E-state index contributed by atoms with van der Waals surface area (Å²) < 4.78 is 0. The fraction of sp³-hybridized carbons (Fsp3) is 0.429. The van der Waals surface area contributed by atoms with Gasteiger partial charge in [-0.1, -0.05) is 0 Å². The third-order valence-corrected chi connectivity index (χ3v) is 3.36. The van der Waals surface area contributed by atoms with Crippen molar-refractivity contribution in [2.24, 2.45) is 5.73 Å². The van der Waals surface area contributed by atoms with Crippen LogP contribution in [0.4, 0.5) is 0 Å². The van der Waals surface area contributed by atoms with Crippen LogP contribution in [0.5, 0.6) is 0 Å². The quantitative estimate of drug-likeness (QED) is 0.764. The average Bonchev–Trinajstić information content (AvgIpc) is 2.56. The second-order valence-electron chi connectivity index (χ2n) is 2.39. The number of nitrogens with zero attached hydrogens (tertiary/aromatic N) is 1. The first kappa shape index (κ1) is 10.5. The fourth-order valence-electron chi connectivity index (χ4n) is 0.669. The first-order chi connectivity index (χ1) is 6.20. The van der Waals surface area contributed by atoms with Gasteiger partial charge in [0.1, 0.15) is 11.0 Å². The smallest absolute Gasteiger partial charge is 0.321 e. The molecule has 0 radical (unpaired) electrons. The summed E-state index contributed by atoms with van der Waals surface area (Å²) in [6.07, 6.45) is 1.73. The second-order valence-corrected chi connectivity index (χ2v) is 4.40. The Bertz CT molecular complexity index is 263. The number of thioether (sulfide) groups is 1. The van der Waals surface area contributed by atoms with E-state index in [2.05, 4.69) is 4.98 Å². The first-order valence-corrected chi connectivity index (χ1v) is 5.68. The lowest BCUT2D eigenvalue weighted by Crippen LogP contribution is -2.32. The largest absolute Gasteiger partial charge is 0.480 e. The number of aromatic nitrogens is 1. The highest BCUT2D eigenvalue weighted by Crippen LogP contribution is 2.14. The Balaban J connectivity index is 2.18. The molecule has 1 heterocycles. The van der Waals surface area contributed by atoms with Crippen molar-refractivity contribution in [2.75, 3.05) is 5.75 Å². The van der Waals surface area contributed by atoms with Gasteiger partial charge in [0, 0.05) is 23.1 Å². The Morgan fingerprint density at radius 2 is 2.62 bits per heavy atom. The van der Waals surface area contributed by atoms with Crippen LogP contribution in [0.3, 0.4) is 0 Å². The number of carbonyl (C=O) groups is 1. The van der Waals surface area contributed by atoms with E-state index >= 15 is 0 Å². The summed E-state index contributed by atoms with van der Waals surface area (Å²) in [4.78, 5) is 14.4. The minimum Gasteiger partial charge on any atom is -0.480 e. The van der Waals surface area contributed by atoms with Gasteiger partial charge in [-0.05, 0) is 0 Å². The first-order valence-electron chi connectivity index (χ1n) is 3.64. The summed E-state index contributed by atoms with van der Waals surface area (Å²) in [5.41, 5.74) is 5.32. The Kier molecular flexibility index (Phi) is 4.20. The lowest BCUT2D eigenvalue weighted by molar-refractivity contribution is -0.137. The molecular weight excluding hydrogens is 208 g/mol. The number of rotatable bonds is 5. The zero-order chi connectivity index (χ0) is 9.68. The normalized spacial score (nSPS) is 12.7. The summed E-state index contributed by atoms with van der Waals surface area (Å²) in [6.45, 7) is 0. The van der Waals surface area contributed by atoms with Gasteiger partial charge in [-0.3, -0.25) is 4.79 Å². The maximum atomic E-state index is 10.3. The fourth-order valence-corrected chi connectivity index (χ4v) is 2.35. The lowest BCUT2D eigenvalue weighted by atomic mass is 10.4. The number of carboxylic acids is 1. The molecular formula is C7H10N2O2S2. The van der Waals surface area contributed by atoms with Crippen molar-refractivity contribution in [1.29, 1.82) is 0 Å². The molecule has 0 amide bonds. The van der Waals surface area contributed by atoms with Gasteiger partial charge in [0.25, 0.3) is 0 Å². The minimum atomic E-state index is -0.952. The van der Waals surface area contributed by atoms with Gasteiger partial charge in [-0.25, -0.2) is 4.98 Å². The summed E-state index contributed by atoms with van der Waals surface area (Å²) >= 11 is 3.05. The van der Waals surface area contributed by atoms with Crippen LogP contribution in [0.25, 0.3) is 0 Å². The topological polar surface area (TPSA) is 76.2 Å². The minimum absolute atomic E-state index is 0.426. The lowest BCUT2D eigenvalue weighted by Gasteiger charge is -2.03. The van der Waals surface area contributed by atoms with Crippen LogP contribution < -0.4 is 5.73 Å². The number of carboxylic acid groups (broad SMARTS) is 1. The number of aliphatic carboxylic acids is 1. The molecule has 0 saturated heterocycles. The molecule has 1 rings (SSSR count). The molecule has 0 bridgehead atoms.